The van der Waals surface area contributed by atoms with Crippen molar-refractivity contribution >= 4 is 82.0 Å². The topological polar surface area (TPSA) is 158 Å². The standard InChI is InChI=1S/3C7H12O4.2Bi/c3*8-6(9)4-2-1-3-5-7(10)11;;/h3*1-5H2,(H,8,9)(H,10,11);;/q;;;2*+3/p-6. The molecule has 0 saturated carbocycles. The van der Waals surface area contributed by atoms with Gasteiger partial charge in [-0.2, -0.15) is 0 Å². The zero-order valence-electron chi connectivity index (χ0n) is 19.4. The molecule has 2 saturated heterocycles. The molecule has 2 rings (SSSR count). The molecule has 0 atom stereocenters. The Balaban J connectivity index is 1.65. The fourth-order valence-electron chi connectivity index (χ4n) is 3.03. The molecule has 0 amide bonds. The van der Waals surface area contributed by atoms with Gasteiger partial charge >= 0.3 is 224 Å². The van der Waals surface area contributed by atoms with Crippen molar-refractivity contribution in [1.82, 2.24) is 0 Å². The van der Waals surface area contributed by atoms with Crippen molar-refractivity contribution in [1.29, 1.82) is 0 Å². The fraction of sp³-hybridized carbons (Fsp3) is 0.714. The van der Waals surface area contributed by atoms with Crippen LogP contribution in [0.2, 0.25) is 0 Å². The molecule has 14 heteroatoms. The van der Waals surface area contributed by atoms with E-state index in [1.165, 1.54) is 0 Å². The van der Waals surface area contributed by atoms with Crippen molar-refractivity contribution in [2.24, 2.45) is 0 Å². The van der Waals surface area contributed by atoms with Crippen molar-refractivity contribution in [3.8, 4) is 0 Å². The molecule has 196 valence electrons. The Hall–Kier alpha value is -1.41. The molecule has 2 heterocycles. The molecule has 0 aliphatic carbocycles. The first kappa shape index (κ1) is 29.8. The zero-order chi connectivity index (χ0) is 25.5. The van der Waals surface area contributed by atoms with E-state index in [4.69, 9.17) is 16.9 Å². The molecule has 0 aromatic heterocycles. The third-order valence-electron chi connectivity index (χ3n) is 4.84. The number of hydrogen-bond donors (Lipinski definition) is 0. The van der Waals surface area contributed by atoms with Crippen molar-refractivity contribution in [2.75, 3.05) is 0 Å². The van der Waals surface area contributed by atoms with E-state index in [2.05, 4.69) is 0 Å². The molecule has 2 aliphatic rings. The van der Waals surface area contributed by atoms with E-state index in [-0.39, 0.29) is 38.5 Å². The third kappa shape index (κ3) is 14.0. The van der Waals surface area contributed by atoms with E-state index >= 15 is 0 Å². The van der Waals surface area contributed by atoms with Gasteiger partial charge in [0.25, 0.3) is 0 Å². The summed E-state index contributed by atoms with van der Waals surface area (Å²) in [4.78, 5) is 71.2. The minimum atomic E-state index is -3.96. The molecule has 0 N–H and O–H groups in total. The molecular formula is C21H30Bi2O12. The van der Waals surface area contributed by atoms with Crippen LogP contribution in [-0.2, 0) is 45.6 Å². The normalized spacial score (nSPS) is 19.4. The summed E-state index contributed by atoms with van der Waals surface area (Å²) in [6.45, 7) is 0. The first-order valence-corrected chi connectivity index (χ1v) is 20.2. The van der Waals surface area contributed by atoms with Gasteiger partial charge in [0, 0.05) is 0 Å². The summed E-state index contributed by atoms with van der Waals surface area (Å²) < 4.78 is 30.7. The first-order valence-electron chi connectivity index (χ1n) is 11.7. The number of hydrogen-bond acceptors (Lipinski definition) is 12. The average Bonchev–Trinajstić information content (AvgIpc) is 2.77. The van der Waals surface area contributed by atoms with E-state index in [1.54, 1.807) is 0 Å². The van der Waals surface area contributed by atoms with Crippen molar-refractivity contribution in [2.45, 2.75) is 96.3 Å². The van der Waals surface area contributed by atoms with Gasteiger partial charge < -0.3 is 0 Å². The van der Waals surface area contributed by atoms with Crippen LogP contribution in [0.25, 0.3) is 0 Å². The van der Waals surface area contributed by atoms with Crippen molar-refractivity contribution in [3.63, 3.8) is 0 Å². The van der Waals surface area contributed by atoms with Gasteiger partial charge in [0.2, 0.25) is 0 Å². The van der Waals surface area contributed by atoms with Gasteiger partial charge in [-0.3, -0.25) is 0 Å². The average molecular weight is 892 g/mol. The quantitative estimate of drug-likeness (QED) is 0.259. The van der Waals surface area contributed by atoms with Crippen LogP contribution < -0.4 is 0 Å². The second kappa shape index (κ2) is 17.1. The first-order chi connectivity index (χ1) is 16.8. The summed E-state index contributed by atoms with van der Waals surface area (Å²) in [5.41, 5.74) is 0. The second-order valence-corrected chi connectivity index (χ2v) is 15.6. The van der Waals surface area contributed by atoms with Crippen LogP contribution in [0, 0.1) is 0 Å². The molecule has 0 aromatic carbocycles. The van der Waals surface area contributed by atoms with Crippen LogP contribution in [0.1, 0.15) is 96.3 Å². The Bertz CT molecular complexity index is 669. The molecule has 0 aromatic rings. The van der Waals surface area contributed by atoms with E-state index in [1.807, 2.05) is 0 Å². The number of carbonyl (C=O) groups is 6. The Labute approximate surface area is 222 Å². The van der Waals surface area contributed by atoms with E-state index in [0.29, 0.717) is 44.9 Å². The molecule has 0 spiro atoms. The summed E-state index contributed by atoms with van der Waals surface area (Å²) >= 11 is -7.92. The zero-order valence-corrected chi connectivity index (χ0v) is 26.4. The maximum absolute atomic E-state index is 12.1. The van der Waals surface area contributed by atoms with Crippen LogP contribution in [0.4, 0.5) is 0 Å². The van der Waals surface area contributed by atoms with Gasteiger partial charge in [0.15, 0.2) is 0 Å². The molecule has 0 bridgehead atoms. The van der Waals surface area contributed by atoms with Crippen LogP contribution in [0.15, 0.2) is 0 Å². The van der Waals surface area contributed by atoms with Gasteiger partial charge in [-0.25, -0.2) is 0 Å². The molecular weight excluding hydrogens is 862 g/mol. The molecule has 35 heavy (non-hydrogen) atoms. The van der Waals surface area contributed by atoms with E-state index < -0.39 is 82.0 Å². The molecule has 0 radical (unpaired) electrons. The van der Waals surface area contributed by atoms with Crippen molar-refractivity contribution < 1.29 is 45.6 Å². The molecule has 2 aliphatic heterocycles. The molecule has 12 nitrogen and oxygen atoms in total. The maximum atomic E-state index is 12.1. The summed E-state index contributed by atoms with van der Waals surface area (Å²) in [6.07, 6.45) is 5.93. The van der Waals surface area contributed by atoms with Crippen LogP contribution in [0.5, 0.6) is 0 Å². The number of unbranched alkanes of at least 4 members (excludes halogenated alkanes) is 2. The van der Waals surface area contributed by atoms with Crippen LogP contribution in [0.3, 0.4) is 0 Å². The Morgan fingerprint density at radius 2 is 0.857 bits per heavy atom. The van der Waals surface area contributed by atoms with Gasteiger partial charge in [-0.05, 0) is 0 Å². The van der Waals surface area contributed by atoms with Gasteiger partial charge in [0.05, 0.1) is 0 Å². The van der Waals surface area contributed by atoms with Gasteiger partial charge in [-0.1, -0.05) is 0 Å². The van der Waals surface area contributed by atoms with Gasteiger partial charge in [-0.15, -0.1) is 0 Å². The molecule has 0 unspecified atom stereocenters. The number of rotatable bonds is 8. The predicted octanol–water partition coefficient (Wildman–Crippen LogP) is 2.09. The SMILES string of the molecule is O=C1CCCCCC(=O)[O][Bi]([O]C(=O)CCCCCC(=O)[O][Bi]2[O]C(=O)CCCCCC(=O)[O]2)[O]1. The number of carbonyl (C=O) groups excluding carboxylic acids is 6. The minimum absolute atomic E-state index is 0.00661. The summed E-state index contributed by atoms with van der Waals surface area (Å²) in [5.74, 6) is -3.36. The monoisotopic (exact) mass is 892 g/mol. The van der Waals surface area contributed by atoms with Crippen molar-refractivity contribution in [3.05, 3.63) is 0 Å². The Morgan fingerprint density at radius 1 is 0.543 bits per heavy atom. The van der Waals surface area contributed by atoms with E-state index in [9.17, 15) is 28.8 Å². The summed E-state index contributed by atoms with van der Waals surface area (Å²) in [6, 6.07) is 0. The van der Waals surface area contributed by atoms with Gasteiger partial charge in [0.1, 0.15) is 0 Å². The summed E-state index contributed by atoms with van der Waals surface area (Å²) in [7, 11) is 0. The summed E-state index contributed by atoms with van der Waals surface area (Å²) in [5, 5.41) is 0. The van der Waals surface area contributed by atoms with Crippen LogP contribution in [-0.4, -0.2) is 82.0 Å². The molecule has 2 fully saturated rings. The van der Waals surface area contributed by atoms with Crippen LogP contribution >= 0.6 is 0 Å². The predicted molar refractivity (Wildman–Crippen MR) is 117 cm³/mol. The third-order valence-corrected chi connectivity index (χ3v) is 13.1. The van der Waals surface area contributed by atoms with E-state index in [0.717, 1.165) is 12.8 Å². The second-order valence-electron chi connectivity index (χ2n) is 7.91. The Kier molecular flexibility index (Phi) is 14.6. The fourth-order valence-corrected chi connectivity index (χ4v) is 9.91. The Morgan fingerprint density at radius 3 is 1.17 bits per heavy atom.